The maximum Gasteiger partial charge on any atom is 0.536 e. The number of alkyl halides is 3. The standard InChI is InChI=1S/C15H25F3O6Si2/c1-19-25(20-2,11-10-15(16,17)18)24-12-13-6-8-14(9-7-13)26(21-3,22-4)23-5/h6-9H,10-12H2,1-5H3. The van der Waals surface area contributed by atoms with Gasteiger partial charge in [0.25, 0.3) is 0 Å². The third-order valence-corrected chi connectivity index (χ3v) is 9.25. The summed E-state index contributed by atoms with van der Waals surface area (Å²) < 4.78 is 69.7. The molecule has 0 atom stereocenters. The summed E-state index contributed by atoms with van der Waals surface area (Å²) in [4.78, 5) is 0. The lowest BCUT2D eigenvalue weighted by atomic mass is 10.2. The number of rotatable bonds is 11. The number of benzene rings is 1. The van der Waals surface area contributed by atoms with Crippen molar-refractivity contribution < 1.29 is 39.7 Å². The number of hydrogen-bond acceptors (Lipinski definition) is 6. The van der Waals surface area contributed by atoms with Crippen LogP contribution < -0.4 is 5.19 Å². The molecule has 0 aromatic heterocycles. The van der Waals surface area contributed by atoms with Crippen LogP contribution in [0, 0.1) is 0 Å². The van der Waals surface area contributed by atoms with Gasteiger partial charge in [-0.3, -0.25) is 0 Å². The monoisotopic (exact) mass is 414 g/mol. The minimum atomic E-state index is -4.30. The molecule has 0 amide bonds. The van der Waals surface area contributed by atoms with Crippen molar-refractivity contribution in [3.63, 3.8) is 0 Å². The molecule has 1 aromatic carbocycles. The molecule has 0 saturated carbocycles. The summed E-state index contributed by atoms with van der Waals surface area (Å²) in [6.07, 6.45) is -5.32. The Hall–Kier alpha value is -0.796. The van der Waals surface area contributed by atoms with Gasteiger partial charge in [-0.25, -0.2) is 0 Å². The van der Waals surface area contributed by atoms with E-state index in [1.165, 1.54) is 35.5 Å². The van der Waals surface area contributed by atoms with Crippen molar-refractivity contribution in [2.45, 2.75) is 25.2 Å². The van der Waals surface area contributed by atoms with Gasteiger partial charge < -0.3 is 26.6 Å². The first kappa shape index (κ1) is 23.2. The van der Waals surface area contributed by atoms with Crippen LogP contribution in [0.1, 0.15) is 12.0 Å². The molecule has 0 aliphatic carbocycles. The number of halogens is 3. The maximum atomic E-state index is 12.5. The molecule has 0 radical (unpaired) electrons. The summed E-state index contributed by atoms with van der Waals surface area (Å²) in [5.41, 5.74) is 0.748. The molecule has 1 rings (SSSR count). The third kappa shape index (κ3) is 6.13. The van der Waals surface area contributed by atoms with Gasteiger partial charge in [-0.1, -0.05) is 24.3 Å². The van der Waals surface area contributed by atoms with Gasteiger partial charge in [0, 0.05) is 53.2 Å². The maximum absolute atomic E-state index is 12.5. The van der Waals surface area contributed by atoms with Gasteiger partial charge in [0.15, 0.2) is 0 Å². The summed E-state index contributed by atoms with van der Waals surface area (Å²) in [5, 5.41) is 0.757. The van der Waals surface area contributed by atoms with Crippen molar-refractivity contribution in [1.82, 2.24) is 0 Å². The Kier molecular flexibility index (Phi) is 8.89. The molecule has 0 aliphatic rings. The highest BCUT2D eigenvalue weighted by atomic mass is 28.4. The predicted molar refractivity (Wildman–Crippen MR) is 92.9 cm³/mol. The van der Waals surface area contributed by atoms with E-state index < -0.39 is 30.2 Å². The first-order chi connectivity index (χ1) is 12.2. The smallest absolute Gasteiger partial charge is 0.377 e. The highest BCUT2D eigenvalue weighted by molar-refractivity contribution is 6.75. The van der Waals surface area contributed by atoms with Crippen LogP contribution in [0.15, 0.2) is 24.3 Å². The van der Waals surface area contributed by atoms with Gasteiger partial charge in [-0.2, -0.15) is 13.2 Å². The fraction of sp³-hybridized carbons (Fsp3) is 0.600. The van der Waals surface area contributed by atoms with Gasteiger partial charge in [-0.15, -0.1) is 0 Å². The molecule has 0 N–H and O–H groups in total. The SMILES string of the molecule is CO[Si](CCC(F)(F)F)(OC)OCc1ccc([Si](OC)(OC)OC)cc1. The van der Waals surface area contributed by atoms with E-state index in [1.54, 1.807) is 24.3 Å². The lowest BCUT2D eigenvalue weighted by Gasteiger charge is -2.27. The Morgan fingerprint density at radius 1 is 0.808 bits per heavy atom. The van der Waals surface area contributed by atoms with E-state index in [-0.39, 0.29) is 12.7 Å². The molecule has 0 spiro atoms. The molecule has 26 heavy (non-hydrogen) atoms. The first-order valence-electron chi connectivity index (χ1n) is 7.75. The van der Waals surface area contributed by atoms with Crippen LogP contribution in [-0.4, -0.2) is 59.3 Å². The second-order valence-electron chi connectivity index (χ2n) is 5.36. The van der Waals surface area contributed by atoms with Gasteiger partial charge >= 0.3 is 23.8 Å². The normalized spacial score (nSPS) is 13.2. The molecule has 0 saturated heterocycles. The molecular weight excluding hydrogens is 389 g/mol. The van der Waals surface area contributed by atoms with Gasteiger partial charge in [0.2, 0.25) is 0 Å². The quantitative estimate of drug-likeness (QED) is 0.519. The van der Waals surface area contributed by atoms with Crippen LogP contribution in [-0.2, 0) is 33.2 Å². The Morgan fingerprint density at radius 3 is 1.69 bits per heavy atom. The molecule has 0 fully saturated rings. The largest absolute Gasteiger partial charge is 0.536 e. The minimum Gasteiger partial charge on any atom is -0.377 e. The molecule has 0 unspecified atom stereocenters. The van der Waals surface area contributed by atoms with Crippen LogP contribution in [0.5, 0.6) is 0 Å². The molecule has 1 aromatic rings. The zero-order chi connectivity index (χ0) is 19.8. The van der Waals surface area contributed by atoms with E-state index >= 15 is 0 Å². The fourth-order valence-corrected chi connectivity index (χ4v) is 6.09. The first-order valence-corrected chi connectivity index (χ1v) is 11.4. The summed E-state index contributed by atoms with van der Waals surface area (Å²) >= 11 is 0. The van der Waals surface area contributed by atoms with Crippen molar-refractivity contribution in [2.75, 3.05) is 35.5 Å². The zero-order valence-corrected chi connectivity index (χ0v) is 17.5. The topological polar surface area (TPSA) is 55.4 Å². The fourth-order valence-electron chi connectivity index (χ4n) is 2.37. The molecule has 0 heterocycles. The highest BCUT2D eigenvalue weighted by Crippen LogP contribution is 2.28. The van der Waals surface area contributed by atoms with Gasteiger partial charge in [0.1, 0.15) is 0 Å². The summed E-state index contributed by atoms with van der Waals surface area (Å²) in [5.74, 6) is 0. The third-order valence-electron chi connectivity index (χ3n) is 3.91. The lowest BCUT2D eigenvalue weighted by molar-refractivity contribution is -0.133. The van der Waals surface area contributed by atoms with Crippen molar-refractivity contribution >= 4 is 22.8 Å². The Morgan fingerprint density at radius 2 is 1.31 bits per heavy atom. The van der Waals surface area contributed by atoms with E-state index in [4.69, 9.17) is 26.6 Å². The molecule has 0 aliphatic heterocycles. The summed E-state index contributed by atoms with van der Waals surface area (Å²) in [7, 11) is 0.795. The van der Waals surface area contributed by atoms with Crippen molar-refractivity contribution in [1.29, 1.82) is 0 Å². The molecule has 6 nitrogen and oxygen atoms in total. The second-order valence-corrected chi connectivity index (χ2v) is 11.2. The van der Waals surface area contributed by atoms with Crippen LogP contribution >= 0.6 is 0 Å². The van der Waals surface area contributed by atoms with Crippen LogP contribution in [0.25, 0.3) is 0 Å². The van der Waals surface area contributed by atoms with Crippen molar-refractivity contribution in [3.8, 4) is 0 Å². The molecular formula is C15H25F3O6Si2. The summed E-state index contributed by atoms with van der Waals surface area (Å²) in [6, 6.07) is 6.75. The average Bonchev–Trinajstić information content (AvgIpc) is 2.64. The van der Waals surface area contributed by atoms with Crippen molar-refractivity contribution in [2.24, 2.45) is 0 Å². The van der Waals surface area contributed by atoms with E-state index in [0.29, 0.717) is 0 Å². The second kappa shape index (κ2) is 9.94. The Bertz CT molecular complexity index is 525. The highest BCUT2D eigenvalue weighted by Gasteiger charge is 2.43. The van der Waals surface area contributed by atoms with E-state index in [9.17, 15) is 13.2 Å². The van der Waals surface area contributed by atoms with Crippen molar-refractivity contribution in [3.05, 3.63) is 29.8 Å². The molecule has 0 bridgehead atoms. The van der Waals surface area contributed by atoms with E-state index in [0.717, 1.165) is 10.8 Å². The summed E-state index contributed by atoms with van der Waals surface area (Å²) in [6.45, 7) is 0.0630. The zero-order valence-electron chi connectivity index (χ0n) is 15.5. The number of hydrogen-bond donors (Lipinski definition) is 0. The van der Waals surface area contributed by atoms with E-state index in [2.05, 4.69) is 0 Å². The van der Waals surface area contributed by atoms with E-state index in [1.807, 2.05) is 0 Å². The van der Waals surface area contributed by atoms with Crippen LogP contribution in [0.4, 0.5) is 13.2 Å². The Balaban J connectivity index is 2.81. The van der Waals surface area contributed by atoms with Gasteiger partial charge in [-0.05, 0) is 5.56 Å². The Labute approximate surface area is 153 Å². The average molecular weight is 415 g/mol. The molecule has 11 heteroatoms. The lowest BCUT2D eigenvalue weighted by Crippen LogP contribution is -2.54. The predicted octanol–water partition coefficient (Wildman–Crippen LogP) is 2.47. The van der Waals surface area contributed by atoms with Crippen LogP contribution in [0.3, 0.4) is 0 Å². The molecule has 150 valence electrons. The van der Waals surface area contributed by atoms with Gasteiger partial charge in [0.05, 0.1) is 6.61 Å². The minimum absolute atomic E-state index is 0.0630. The van der Waals surface area contributed by atoms with Crippen LogP contribution in [0.2, 0.25) is 6.04 Å².